The first-order valence-electron chi connectivity index (χ1n) is 17.2. The molecule has 254 valence electrons. The number of imide groups is 1. The molecule has 2 heterocycles. The summed E-state index contributed by atoms with van der Waals surface area (Å²) in [6.07, 6.45) is 8.31. The Balaban J connectivity index is 1.63. The zero-order chi connectivity index (χ0) is 35.0. The molecule has 0 spiro atoms. The maximum Gasteiger partial charge on any atom is 0.424 e. The van der Waals surface area contributed by atoms with Crippen LogP contribution in [0, 0.1) is 11.8 Å². The molecular weight excluding hydrogens is 598 g/mol. The maximum atomic E-state index is 13.8. The fraction of sp³-hybridized carbons (Fsp3) is 0.439. The first kappa shape index (κ1) is 34.9. The summed E-state index contributed by atoms with van der Waals surface area (Å²) >= 11 is 0. The van der Waals surface area contributed by atoms with Crippen molar-refractivity contribution in [3.05, 3.63) is 107 Å². The van der Waals surface area contributed by atoms with Gasteiger partial charge >= 0.3 is 12.2 Å². The summed E-state index contributed by atoms with van der Waals surface area (Å²) in [4.78, 5) is 31.0. The van der Waals surface area contributed by atoms with Crippen molar-refractivity contribution >= 4 is 29.3 Å². The van der Waals surface area contributed by atoms with Crippen LogP contribution in [0.4, 0.5) is 21.0 Å². The minimum atomic E-state index is -0.720. The Morgan fingerprint density at radius 1 is 0.833 bits per heavy atom. The molecule has 5 rings (SSSR count). The molecule has 0 unspecified atom stereocenters. The van der Waals surface area contributed by atoms with Crippen molar-refractivity contribution in [1.29, 1.82) is 0 Å². The number of hydrogen-bond donors (Lipinski definition) is 0. The molecule has 0 atom stereocenters. The lowest BCUT2D eigenvalue weighted by Crippen LogP contribution is -2.38. The van der Waals surface area contributed by atoms with Gasteiger partial charge in [-0.05, 0) is 67.4 Å². The van der Waals surface area contributed by atoms with Crippen molar-refractivity contribution in [2.75, 3.05) is 32.2 Å². The van der Waals surface area contributed by atoms with Crippen LogP contribution < -0.4 is 4.90 Å². The molecule has 0 fully saturated rings. The molecule has 0 bridgehead atoms. The molecule has 2 aliphatic heterocycles. The maximum absolute atomic E-state index is 13.8. The van der Waals surface area contributed by atoms with E-state index in [1.807, 2.05) is 27.7 Å². The minimum Gasteiger partial charge on any atom is -0.448 e. The Labute approximate surface area is 286 Å². The smallest absolute Gasteiger partial charge is 0.424 e. The van der Waals surface area contributed by atoms with E-state index < -0.39 is 12.2 Å². The van der Waals surface area contributed by atoms with Crippen LogP contribution in [0.1, 0.15) is 79.4 Å². The van der Waals surface area contributed by atoms with E-state index in [2.05, 4.69) is 124 Å². The van der Waals surface area contributed by atoms with Crippen LogP contribution in [-0.4, -0.2) is 54.7 Å². The highest BCUT2D eigenvalue weighted by Gasteiger charge is 2.43. The highest BCUT2D eigenvalue weighted by Crippen LogP contribution is 2.47. The third kappa shape index (κ3) is 6.52. The van der Waals surface area contributed by atoms with Crippen molar-refractivity contribution in [1.82, 2.24) is 4.90 Å². The van der Waals surface area contributed by atoms with Crippen LogP contribution in [0.5, 0.6) is 0 Å². The van der Waals surface area contributed by atoms with Crippen molar-refractivity contribution in [3.8, 4) is 0 Å². The van der Waals surface area contributed by atoms with Gasteiger partial charge in [0, 0.05) is 41.6 Å². The molecule has 0 saturated carbocycles. The number of fused-ring (bicyclic) bond motifs is 2. The number of para-hydroxylation sites is 2. The average molecular weight is 651 g/mol. The number of anilines is 1. The van der Waals surface area contributed by atoms with E-state index in [4.69, 9.17) is 9.47 Å². The normalized spacial score (nSPS) is 19.7. The summed E-state index contributed by atoms with van der Waals surface area (Å²) in [5, 5.41) is 0. The Kier molecular flexibility index (Phi) is 9.91. The van der Waals surface area contributed by atoms with Gasteiger partial charge in [-0.2, -0.15) is 9.48 Å². The Morgan fingerprint density at radius 3 is 2.00 bits per heavy atom. The minimum absolute atomic E-state index is 0.110. The second-order valence-corrected chi connectivity index (χ2v) is 15.0. The third-order valence-electron chi connectivity index (χ3n) is 9.71. The number of carbonyl (C=O) groups excluding carboxylic acids is 2. The molecule has 7 nitrogen and oxygen atoms in total. The van der Waals surface area contributed by atoms with Gasteiger partial charge in [0.15, 0.2) is 5.71 Å². The zero-order valence-corrected chi connectivity index (χ0v) is 30.4. The van der Waals surface area contributed by atoms with Gasteiger partial charge < -0.3 is 14.4 Å². The van der Waals surface area contributed by atoms with Gasteiger partial charge in [0.05, 0.1) is 24.3 Å². The van der Waals surface area contributed by atoms with E-state index >= 15 is 0 Å². The quantitative estimate of drug-likeness (QED) is 0.267. The fourth-order valence-corrected chi connectivity index (χ4v) is 7.15. The van der Waals surface area contributed by atoms with E-state index in [0.29, 0.717) is 18.5 Å². The SMILES string of the molecule is CC(C)COC(=O)N(C(=O)OCC(C)C)C1=C(/C=C/C2=[N+](C)c3ccccc3C2(C)C)CC/C1=C\C=C1\N(C)c2ccccc2C1(C)C. The summed E-state index contributed by atoms with van der Waals surface area (Å²) in [5.41, 5.74) is 9.03. The Hall–Kier alpha value is -4.39. The lowest BCUT2D eigenvalue weighted by molar-refractivity contribution is -0.401. The van der Waals surface area contributed by atoms with Gasteiger partial charge in [0.2, 0.25) is 5.69 Å². The van der Waals surface area contributed by atoms with Crippen molar-refractivity contribution in [2.45, 2.75) is 79.1 Å². The first-order valence-corrected chi connectivity index (χ1v) is 17.2. The molecule has 0 N–H and O–H groups in total. The van der Waals surface area contributed by atoms with Crippen LogP contribution in [0.15, 0.2) is 95.4 Å². The van der Waals surface area contributed by atoms with E-state index in [-0.39, 0.29) is 35.9 Å². The predicted octanol–water partition coefficient (Wildman–Crippen LogP) is 9.42. The highest BCUT2D eigenvalue weighted by molar-refractivity contribution is 6.03. The fourth-order valence-electron chi connectivity index (χ4n) is 7.15. The molecule has 0 aromatic heterocycles. The van der Waals surface area contributed by atoms with Crippen LogP contribution in [0.25, 0.3) is 0 Å². The van der Waals surface area contributed by atoms with Crippen molar-refractivity contribution in [3.63, 3.8) is 0 Å². The number of allylic oxidation sites excluding steroid dienone is 7. The first-order chi connectivity index (χ1) is 22.7. The highest BCUT2D eigenvalue weighted by atomic mass is 16.6. The molecule has 7 heteroatoms. The van der Waals surface area contributed by atoms with Crippen molar-refractivity contribution in [2.24, 2.45) is 11.8 Å². The Morgan fingerprint density at radius 2 is 1.42 bits per heavy atom. The molecule has 48 heavy (non-hydrogen) atoms. The standard InChI is InChI=1S/C41H52N3O4/c1-27(2)25-47-38(45)44(39(46)48-26-28(3)4)37-29(21-23-35-40(5,6)31-15-11-13-17-33(31)42(35)9)19-20-30(37)22-24-36-41(7,8)32-16-12-14-18-34(32)43(36)10/h11-18,21-24,27-28H,19-20,25-26H2,1-10H3/q+1. The number of amides is 2. The van der Waals surface area contributed by atoms with Gasteiger partial charge in [0.1, 0.15) is 7.05 Å². The van der Waals surface area contributed by atoms with Gasteiger partial charge in [-0.1, -0.05) is 90.1 Å². The molecule has 3 aliphatic rings. The summed E-state index contributed by atoms with van der Waals surface area (Å²) in [5.74, 6) is 0.221. The summed E-state index contributed by atoms with van der Waals surface area (Å²) in [7, 11) is 4.18. The van der Waals surface area contributed by atoms with Gasteiger partial charge in [-0.15, -0.1) is 0 Å². The topological polar surface area (TPSA) is 62.1 Å². The Bertz CT molecular complexity index is 1730. The van der Waals surface area contributed by atoms with Crippen LogP contribution >= 0.6 is 0 Å². The molecule has 0 radical (unpaired) electrons. The van der Waals surface area contributed by atoms with Gasteiger partial charge in [0.25, 0.3) is 0 Å². The zero-order valence-electron chi connectivity index (χ0n) is 30.4. The monoisotopic (exact) mass is 650 g/mol. The van der Waals surface area contributed by atoms with E-state index in [9.17, 15) is 9.59 Å². The largest absolute Gasteiger partial charge is 0.448 e. The number of carbonyl (C=O) groups is 2. The average Bonchev–Trinajstić information content (AvgIpc) is 3.59. The predicted molar refractivity (Wildman–Crippen MR) is 194 cm³/mol. The molecular formula is C41H52N3O4+. The lowest BCUT2D eigenvalue weighted by atomic mass is 9.81. The van der Waals surface area contributed by atoms with E-state index in [1.54, 1.807) is 0 Å². The molecule has 2 aromatic carbocycles. The van der Waals surface area contributed by atoms with Gasteiger partial charge in [-0.25, -0.2) is 9.59 Å². The number of likely N-dealkylation sites (N-methyl/N-ethyl adjacent to an activating group) is 1. The lowest BCUT2D eigenvalue weighted by Gasteiger charge is -2.25. The number of hydrogen-bond acceptors (Lipinski definition) is 5. The number of benzene rings is 2. The number of nitrogens with zero attached hydrogens (tertiary/aromatic N) is 3. The summed E-state index contributed by atoms with van der Waals surface area (Å²) in [6.45, 7) is 17.2. The van der Waals surface area contributed by atoms with Crippen LogP contribution in [0.3, 0.4) is 0 Å². The second kappa shape index (κ2) is 13.6. The second-order valence-electron chi connectivity index (χ2n) is 15.0. The molecule has 0 saturated heterocycles. The van der Waals surface area contributed by atoms with Crippen molar-refractivity contribution < 1.29 is 23.6 Å². The third-order valence-corrected chi connectivity index (χ3v) is 9.71. The van der Waals surface area contributed by atoms with Crippen LogP contribution in [0.2, 0.25) is 0 Å². The van der Waals surface area contributed by atoms with Gasteiger partial charge in [-0.3, -0.25) is 0 Å². The number of ether oxygens (including phenoxy) is 2. The van der Waals surface area contributed by atoms with E-state index in [1.165, 1.54) is 22.5 Å². The number of rotatable bonds is 8. The summed E-state index contributed by atoms with van der Waals surface area (Å²) < 4.78 is 13.6. The molecule has 2 amide bonds. The summed E-state index contributed by atoms with van der Waals surface area (Å²) in [6, 6.07) is 16.9. The van der Waals surface area contributed by atoms with Crippen LogP contribution in [-0.2, 0) is 20.3 Å². The molecule has 1 aliphatic carbocycles. The van der Waals surface area contributed by atoms with E-state index in [0.717, 1.165) is 27.5 Å². The molecule has 2 aromatic rings.